The normalized spacial score (nSPS) is 13.4. The van der Waals surface area contributed by atoms with Gasteiger partial charge in [0, 0.05) is 13.0 Å². The summed E-state index contributed by atoms with van der Waals surface area (Å²) in [7, 11) is 0. The zero-order chi connectivity index (χ0) is 40.7. The van der Waals surface area contributed by atoms with Crippen LogP contribution in [0.3, 0.4) is 0 Å². The Morgan fingerprint density at radius 3 is 1.34 bits per heavy atom. The Balaban J connectivity index is 4.40. The first kappa shape index (κ1) is 52.3. The number of rotatable bonds is 38. The van der Waals surface area contributed by atoms with Crippen LogP contribution >= 0.6 is 0 Å². The average molecular weight is 773 g/mol. The van der Waals surface area contributed by atoms with Gasteiger partial charge >= 0.3 is 11.9 Å². The van der Waals surface area contributed by atoms with E-state index in [9.17, 15) is 9.59 Å². The van der Waals surface area contributed by atoms with Crippen molar-refractivity contribution in [2.75, 3.05) is 19.8 Å². The van der Waals surface area contributed by atoms with Crippen molar-refractivity contribution in [2.45, 2.75) is 168 Å². The molecule has 5 heteroatoms. The van der Waals surface area contributed by atoms with E-state index in [2.05, 4.69) is 130 Å². The molecule has 0 N–H and O–H groups in total. The molecule has 0 aromatic rings. The van der Waals surface area contributed by atoms with Crippen LogP contribution < -0.4 is 0 Å². The molecule has 314 valence electrons. The van der Waals surface area contributed by atoms with Gasteiger partial charge in [0.05, 0.1) is 13.0 Å². The maximum absolute atomic E-state index is 12.6. The van der Waals surface area contributed by atoms with Gasteiger partial charge < -0.3 is 14.2 Å². The van der Waals surface area contributed by atoms with E-state index in [-0.39, 0.29) is 31.6 Å². The summed E-state index contributed by atoms with van der Waals surface area (Å²) in [6.45, 7) is 7.31. The molecule has 1 atom stereocenters. The van der Waals surface area contributed by atoms with E-state index >= 15 is 0 Å². The van der Waals surface area contributed by atoms with E-state index in [4.69, 9.17) is 14.2 Å². The molecule has 0 aromatic heterocycles. The number of esters is 2. The van der Waals surface area contributed by atoms with Crippen molar-refractivity contribution >= 4 is 11.9 Å². The minimum Gasteiger partial charge on any atom is -0.461 e. The number of unbranched alkanes of at least 4 members (excludes halogenated alkanes) is 8. The molecule has 0 aromatic carbocycles. The smallest absolute Gasteiger partial charge is 0.309 e. The largest absolute Gasteiger partial charge is 0.461 e. The summed E-state index contributed by atoms with van der Waals surface area (Å²) in [6.07, 6.45) is 63.8. The Morgan fingerprint density at radius 1 is 0.429 bits per heavy atom. The number of allylic oxidation sites excluding steroid dienone is 19. The first-order chi connectivity index (χ1) is 27.6. The second kappa shape index (κ2) is 45.7. The zero-order valence-electron chi connectivity index (χ0n) is 35.8. The summed E-state index contributed by atoms with van der Waals surface area (Å²) in [5, 5.41) is 0. The van der Waals surface area contributed by atoms with Crippen LogP contribution in [0.5, 0.6) is 0 Å². The second-order valence-corrected chi connectivity index (χ2v) is 13.9. The highest BCUT2D eigenvalue weighted by atomic mass is 16.6. The first-order valence-corrected chi connectivity index (χ1v) is 22.1. The van der Waals surface area contributed by atoms with Crippen LogP contribution in [-0.4, -0.2) is 37.9 Å². The zero-order valence-corrected chi connectivity index (χ0v) is 35.8. The van der Waals surface area contributed by atoms with Crippen LogP contribution in [0.2, 0.25) is 0 Å². The van der Waals surface area contributed by atoms with Crippen molar-refractivity contribution in [2.24, 2.45) is 0 Å². The van der Waals surface area contributed by atoms with Crippen molar-refractivity contribution < 1.29 is 23.8 Å². The summed E-state index contributed by atoms with van der Waals surface area (Å²) in [6, 6.07) is 0. The Kier molecular flexibility index (Phi) is 42.7. The van der Waals surface area contributed by atoms with Crippen molar-refractivity contribution in [3.8, 4) is 0 Å². The summed E-state index contributed by atoms with van der Waals surface area (Å²) in [4.78, 5) is 25.0. The Morgan fingerprint density at radius 2 is 0.857 bits per heavy atom. The molecular weight excluding hydrogens is 693 g/mol. The van der Waals surface area contributed by atoms with Crippen molar-refractivity contribution in [1.29, 1.82) is 0 Å². The lowest BCUT2D eigenvalue weighted by Gasteiger charge is -2.18. The third kappa shape index (κ3) is 43.0. The third-order valence-corrected chi connectivity index (χ3v) is 8.53. The average Bonchev–Trinajstić information content (AvgIpc) is 3.20. The fourth-order valence-corrected chi connectivity index (χ4v) is 5.31. The molecule has 56 heavy (non-hydrogen) atoms. The van der Waals surface area contributed by atoms with E-state index < -0.39 is 6.10 Å². The number of hydrogen-bond acceptors (Lipinski definition) is 5. The van der Waals surface area contributed by atoms with Crippen LogP contribution in [0.25, 0.3) is 0 Å². The molecular formula is C51H80O5. The Labute approximate surface area is 344 Å². The van der Waals surface area contributed by atoms with Crippen LogP contribution in [0, 0.1) is 0 Å². The fraction of sp³-hybridized carbons (Fsp3) is 0.569. The fourth-order valence-electron chi connectivity index (χ4n) is 5.31. The van der Waals surface area contributed by atoms with Crippen LogP contribution in [0.1, 0.15) is 162 Å². The number of ether oxygens (including phenoxy) is 3. The highest BCUT2D eigenvalue weighted by molar-refractivity contribution is 5.71. The summed E-state index contributed by atoms with van der Waals surface area (Å²) in [5.74, 6) is -0.587. The molecule has 1 unspecified atom stereocenters. The van der Waals surface area contributed by atoms with Gasteiger partial charge in [0.1, 0.15) is 6.61 Å². The van der Waals surface area contributed by atoms with E-state index in [0.29, 0.717) is 13.0 Å². The minimum absolute atomic E-state index is 0.00628. The van der Waals surface area contributed by atoms with E-state index in [0.717, 1.165) is 103 Å². The second-order valence-electron chi connectivity index (χ2n) is 13.9. The van der Waals surface area contributed by atoms with E-state index in [1.807, 2.05) is 12.2 Å². The van der Waals surface area contributed by atoms with Crippen LogP contribution in [0.4, 0.5) is 0 Å². The Hall–Kier alpha value is -3.70. The standard InChI is InChI=1S/C51H80O5/c1-4-7-10-13-16-18-20-22-24-25-26-28-30-32-34-37-40-43-46-54-47-49(56-51(53)45-42-39-35-15-12-9-6-3)48-55-50(52)44-41-38-36-33-31-29-27-23-21-19-17-14-11-8-5-2/h7-8,10-11,16-19,22-24,26-28,31-34,38,41,49H,4-6,9,12-15,20-21,25,29-30,35-37,39-40,42-48H2,1-3H3/b10-7-,11-8-,18-16-,19-17-,24-22-,27-23-,28-26-,33-31-,34-32-,41-38-. The summed E-state index contributed by atoms with van der Waals surface area (Å²) in [5.41, 5.74) is 0. The van der Waals surface area contributed by atoms with Gasteiger partial charge in [0.25, 0.3) is 0 Å². The lowest BCUT2D eigenvalue weighted by atomic mass is 10.1. The summed E-state index contributed by atoms with van der Waals surface area (Å²) >= 11 is 0. The first-order valence-electron chi connectivity index (χ1n) is 22.1. The van der Waals surface area contributed by atoms with Gasteiger partial charge in [-0.25, -0.2) is 0 Å². The van der Waals surface area contributed by atoms with E-state index in [1.54, 1.807) is 0 Å². The molecule has 0 bridgehead atoms. The molecule has 0 saturated heterocycles. The number of hydrogen-bond donors (Lipinski definition) is 0. The van der Waals surface area contributed by atoms with Gasteiger partial charge in [-0.15, -0.1) is 0 Å². The van der Waals surface area contributed by atoms with Gasteiger partial charge in [0.2, 0.25) is 0 Å². The van der Waals surface area contributed by atoms with Crippen LogP contribution in [0.15, 0.2) is 122 Å². The van der Waals surface area contributed by atoms with Crippen molar-refractivity contribution in [3.05, 3.63) is 122 Å². The molecule has 0 amide bonds. The molecule has 0 aliphatic carbocycles. The van der Waals surface area contributed by atoms with Gasteiger partial charge in [-0.3, -0.25) is 9.59 Å². The van der Waals surface area contributed by atoms with Gasteiger partial charge in [0.15, 0.2) is 6.10 Å². The molecule has 0 fully saturated rings. The summed E-state index contributed by atoms with van der Waals surface area (Å²) < 4.78 is 17.1. The quantitative estimate of drug-likeness (QED) is 0.0355. The maximum atomic E-state index is 12.6. The topological polar surface area (TPSA) is 61.8 Å². The van der Waals surface area contributed by atoms with Crippen molar-refractivity contribution in [1.82, 2.24) is 0 Å². The SMILES string of the molecule is CC/C=C\C/C=C\C/C=C\C/C=C\C/C=C\CCCCOCC(COC(=O)C/C=C\C/C=C\C/C=C\C/C=C\C/C=C\CC)OC(=O)CCCCCCCCC. The van der Waals surface area contributed by atoms with Crippen molar-refractivity contribution in [3.63, 3.8) is 0 Å². The Bertz CT molecular complexity index is 1190. The monoisotopic (exact) mass is 773 g/mol. The highest BCUT2D eigenvalue weighted by Gasteiger charge is 2.17. The van der Waals surface area contributed by atoms with Gasteiger partial charge in [-0.1, -0.05) is 181 Å². The molecule has 0 radical (unpaired) electrons. The van der Waals surface area contributed by atoms with Crippen LogP contribution in [-0.2, 0) is 23.8 Å². The maximum Gasteiger partial charge on any atom is 0.309 e. The molecule has 5 nitrogen and oxygen atoms in total. The number of carbonyl (C=O) groups is 2. The lowest BCUT2D eigenvalue weighted by molar-refractivity contribution is -0.162. The number of carbonyl (C=O) groups excluding carboxylic acids is 2. The molecule has 0 rings (SSSR count). The minimum atomic E-state index is -0.602. The molecule has 0 aliphatic rings. The third-order valence-electron chi connectivity index (χ3n) is 8.53. The molecule has 0 aliphatic heterocycles. The van der Waals surface area contributed by atoms with Gasteiger partial charge in [-0.2, -0.15) is 0 Å². The predicted octanol–water partition coefficient (Wildman–Crippen LogP) is 14.7. The van der Waals surface area contributed by atoms with E-state index in [1.165, 1.54) is 25.7 Å². The molecule has 0 heterocycles. The molecule has 0 saturated carbocycles. The molecule has 0 spiro atoms. The van der Waals surface area contributed by atoms with Gasteiger partial charge in [-0.05, 0) is 89.9 Å². The lowest BCUT2D eigenvalue weighted by Crippen LogP contribution is -2.30. The highest BCUT2D eigenvalue weighted by Crippen LogP contribution is 2.10. The predicted molar refractivity (Wildman–Crippen MR) is 242 cm³/mol.